The van der Waals surface area contributed by atoms with Gasteiger partial charge < -0.3 is 4.42 Å². The van der Waals surface area contributed by atoms with Crippen LogP contribution in [0.3, 0.4) is 0 Å². The van der Waals surface area contributed by atoms with Crippen LogP contribution in [-0.4, -0.2) is 26.2 Å². The molecule has 3 aromatic rings. The van der Waals surface area contributed by atoms with Crippen LogP contribution in [0.15, 0.2) is 33.3 Å². The van der Waals surface area contributed by atoms with Crippen LogP contribution in [0.25, 0.3) is 0 Å². The third-order valence-electron chi connectivity index (χ3n) is 2.74. The summed E-state index contributed by atoms with van der Waals surface area (Å²) in [4.78, 5) is 20.1. The first-order valence-electron chi connectivity index (χ1n) is 6.82. The number of amides is 2. The number of thiazole rings is 1. The highest BCUT2D eigenvalue weighted by molar-refractivity contribution is 8.00. The fourth-order valence-electron chi connectivity index (χ4n) is 1.67. The SMILES string of the molecule is CCc1cnc(CSc2cnc(NC(=O)Nc3ccn[nH]3)s2)o1. The molecule has 0 fully saturated rings. The molecule has 120 valence electrons. The Balaban J connectivity index is 1.50. The van der Waals surface area contributed by atoms with Crippen LogP contribution in [0.2, 0.25) is 0 Å². The predicted octanol–water partition coefficient (Wildman–Crippen LogP) is 3.35. The zero-order chi connectivity index (χ0) is 16.1. The van der Waals surface area contributed by atoms with Gasteiger partial charge in [0.1, 0.15) is 11.6 Å². The van der Waals surface area contributed by atoms with E-state index in [2.05, 4.69) is 30.8 Å². The highest BCUT2D eigenvalue weighted by atomic mass is 32.2. The van der Waals surface area contributed by atoms with Gasteiger partial charge >= 0.3 is 6.03 Å². The molecule has 3 N–H and O–H groups in total. The number of aryl methyl sites for hydroxylation is 1. The van der Waals surface area contributed by atoms with Crippen molar-refractivity contribution < 1.29 is 9.21 Å². The Morgan fingerprint density at radius 2 is 2.30 bits per heavy atom. The number of urea groups is 1. The molecule has 0 saturated carbocycles. The average molecular weight is 350 g/mol. The maximum Gasteiger partial charge on any atom is 0.326 e. The van der Waals surface area contributed by atoms with Gasteiger partial charge in [0.25, 0.3) is 0 Å². The third kappa shape index (κ3) is 4.33. The Morgan fingerprint density at radius 3 is 3.04 bits per heavy atom. The summed E-state index contributed by atoms with van der Waals surface area (Å²) in [6.45, 7) is 2.02. The first-order valence-corrected chi connectivity index (χ1v) is 8.62. The van der Waals surface area contributed by atoms with E-state index in [-0.39, 0.29) is 6.03 Å². The number of nitrogens with one attached hydrogen (secondary N) is 3. The maximum absolute atomic E-state index is 11.8. The summed E-state index contributed by atoms with van der Waals surface area (Å²) in [5.41, 5.74) is 0. The lowest BCUT2D eigenvalue weighted by atomic mass is 10.4. The molecule has 3 heterocycles. The van der Waals surface area contributed by atoms with Crippen LogP contribution in [0.4, 0.5) is 15.7 Å². The van der Waals surface area contributed by atoms with Gasteiger partial charge in [0.15, 0.2) is 5.13 Å². The molecule has 8 nitrogen and oxygen atoms in total. The van der Waals surface area contributed by atoms with Crippen LogP contribution in [0.5, 0.6) is 0 Å². The molecular weight excluding hydrogens is 336 g/mol. The summed E-state index contributed by atoms with van der Waals surface area (Å²) < 4.78 is 6.52. The van der Waals surface area contributed by atoms with Crippen molar-refractivity contribution in [1.29, 1.82) is 0 Å². The van der Waals surface area contributed by atoms with Gasteiger partial charge in [-0.1, -0.05) is 18.3 Å². The smallest absolute Gasteiger partial charge is 0.326 e. The Kier molecular flexibility index (Phi) is 4.93. The van der Waals surface area contributed by atoms with E-state index in [1.54, 1.807) is 36.4 Å². The number of rotatable bonds is 6. The number of H-pyrrole nitrogens is 1. The standard InChI is InChI=1S/C13H14N6O2S2/c1-2-8-5-14-10(21-8)7-22-11-6-15-13(23-11)18-12(20)17-9-3-4-16-19-9/h3-6H,2,7H2,1H3,(H3,15,16,17,18,19,20). The van der Waals surface area contributed by atoms with Gasteiger partial charge in [-0.25, -0.2) is 14.8 Å². The number of carbonyl (C=O) groups is 1. The van der Waals surface area contributed by atoms with E-state index >= 15 is 0 Å². The highest BCUT2D eigenvalue weighted by Gasteiger charge is 2.09. The summed E-state index contributed by atoms with van der Waals surface area (Å²) in [7, 11) is 0. The molecule has 0 bridgehead atoms. The van der Waals surface area contributed by atoms with E-state index in [9.17, 15) is 4.79 Å². The Bertz CT molecular complexity index is 767. The average Bonchev–Trinajstić information content (AvgIpc) is 3.26. The summed E-state index contributed by atoms with van der Waals surface area (Å²) in [5, 5.41) is 12.2. The number of aromatic amines is 1. The fraction of sp³-hybridized carbons (Fsp3) is 0.231. The monoisotopic (exact) mass is 350 g/mol. The first kappa shape index (κ1) is 15.6. The number of aromatic nitrogens is 4. The molecule has 0 aliphatic carbocycles. The highest BCUT2D eigenvalue weighted by Crippen LogP contribution is 2.30. The van der Waals surface area contributed by atoms with E-state index in [0.29, 0.717) is 22.6 Å². The Labute approximate surface area is 140 Å². The number of thioether (sulfide) groups is 1. The largest absolute Gasteiger partial charge is 0.445 e. The molecule has 0 spiro atoms. The Morgan fingerprint density at radius 1 is 1.39 bits per heavy atom. The van der Waals surface area contributed by atoms with Crippen molar-refractivity contribution in [2.45, 2.75) is 23.3 Å². The van der Waals surface area contributed by atoms with Crippen LogP contribution in [-0.2, 0) is 12.2 Å². The fourth-order valence-corrected chi connectivity index (χ4v) is 3.39. The lowest BCUT2D eigenvalue weighted by molar-refractivity contribution is 0.262. The van der Waals surface area contributed by atoms with Gasteiger partial charge in [0.05, 0.1) is 28.6 Å². The van der Waals surface area contributed by atoms with Gasteiger partial charge in [0, 0.05) is 12.5 Å². The number of oxazole rings is 1. The van der Waals surface area contributed by atoms with Crippen molar-refractivity contribution in [2.24, 2.45) is 0 Å². The van der Waals surface area contributed by atoms with E-state index in [1.165, 1.54) is 11.3 Å². The summed E-state index contributed by atoms with van der Waals surface area (Å²) in [5.74, 6) is 2.71. The minimum absolute atomic E-state index is 0.375. The third-order valence-corrected chi connectivity index (χ3v) is 4.83. The van der Waals surface area contributed by atoms with Gasteiger partial charge in [-0.2, -0.15) is 5.10 Å². The van der Waals surface area contributed by atoms with E-state index in [1.807, 2.05) is 6.92 Å². The number of hydrogen-bond donors (Lipinski definition) is 3. The van der Waals surface area contributed by atoms with E-state index < -0.39 is 0 Å². The van der Waals surface area contributed by atoms with Crippen LogP contribution in [0, 0.1) is 0 Å². The maximum atomic E-state index is 11.8. The first-order chi connectivity index (χ1) is 11.2. The molecule has 0 radical (unpaired) electrons. The molecular formula is C13H14N6O2S2. The summed E-state index contributed by atoms with van der Waals surface area (Å²) >= 11 is 2.95. The number of hydrogen-bond acceptors (Lipinski definition) is 7. The van der Waals surface area contributed by atoms with Crippen LogP contribution >= 0.6 is 23.1 Å². The van der Waals surface area contributed by atoms with Crippen molar-refractivity contribution in [2.75, 3.05) is 10.6 Å². The quantitative estimate of drug-likeness (QED) is 0.588. The molecule has 0 aliphatic rings. The van der Waals surface area contributed by atoms with Crippen molar-refractivity contribution in [3.8, 4) is 0 Å². The number of anilines is 2. The molecule has 2 amide bonds. The summed E-state index contributed by atoms with van der Waals surface area (Å²) in [6.07, 6.45) is 5.85. The van der Waals surface area contributed by atoms with Gasteiger partial charge in [-0.15, -0.1) is 11.8 Å². The molecule has 10 heteroatoms. The molecule has 0 unspecified atom stereocenters. The minimum Gasteiger partial charge on any atom is -0.445 e. The lowest BCUT2D eigenvalue weighted by Crippen LogP contribution is -2.19. The molecule has 23 heavy (non-hydrogen) atoms. The van der Waals surface area contributed by atoms with Crippen LogP contribution in [0.1, 0.15) is 18.6 Å². The zero-order valence-corrected chi connectivity index (χ0v) is 13.8. The predicted molar refractivity (Wildman–Crippen MR) is 88.8 cm³/mol. The van der Waals surface area contributed by atoms with Crippen LogP contribution < -0.4 is 10.6 Å². The lowest BCUT2D eigenvalue weighted by Gasteiger charge is -2.01. The van der Waals surface area contributed by atoms with Crippen molar-refractivity contribution in [3.63, 3.8) is 0 Å². The molecule has 0 aliphatic heterocycles. The molecule has 3 rings (SSSR count). The topological polar surface area (TPSA) is 109 Å². The number of carbonyl (C=O) groups excluding carboxylic acids is 1. The second-order valence-electron chi connectivity index (χ2n) is 4.40. The molecule has 0 saturated heterocycles. The van der Waals surface area contributed by atoms with Gasteiger partial charge in [-0.3, -0.25) is 15.7 Å². The normalized spacial score (nSPS) is 10.7. The van der Waals surface area contributed by atoms with Crippen molar-refractivity contribution >= 4 is 40.1 Å². The van der Waals surface area contributed by atoms with Gasteiger partial charge in [0.2, 0.25) is 5.89 Å². The van der Waals surface area contributed by atoms with Gasteiger partial charge in [-0.05, 0) is 0 Å². The molecule has 0 aromatic carbocycles. The zero-order valence-electron chi connectivity index (χ0n) is 12.2. The van der Waals surface area contributed by atoms with E-state index in [0.717, 1.165) is 16.4 Å². The summed E-state index contributed by atoms with van der Waals surface area (Å²) in [6, 6.07) is 1.28. The second-order valence-corrected chi connectivity index (χ2v) is 6.70. The molecule has 3 aromatic heterocycles. The number of nitrogens with zero attached hydrogens (tertiary/aromatic N) is 3. The minimum atomic E-state index is -0.375. The van der Waals surface area contributed by atoms with E-state index in [4.69, 9.17) is 4.42 Å². The van der Waals surface area contributed by atoms with Crippen molar-refractivity contribution in [1.82, 2.24) is 20.2 Å². The molecule has 0 atom stereocenters. The van der Waals surface area contributed by atoms with Crippen molar-refractivity contribution in [3.05, 3.63) is 36.3 Å². The Hall–Kier alpha value is -2.33. The second kappa shape index (κ2) is 7.29.